The molecule has 0 atom stereocenters. The van der Waals surface area contributed by atoms with E-state index in [1.54, 1.807) is 0 Å². The van der Waals surface area contributed by atoms with Gasteiger partial charge in [0, 0.05) is 6.42 Å². The molecule has 1 fully saturated rings. The molecule has 1 N–H and O–H groups in total. The lowest BCUT2D eigenvalue weighted by Gasteiger charge is -2.03. The van der Waals surface area contributed by atoms with E-state index in [0.29, 0.717) is 6.42 Å². The first kappa shape index (κ1) is 26.6. The predicted molar refractivity (Wildman–Crippen MR) is 104 cm³/mol. The van der Waals surface area contributed by atoms with Gasteiger partial charge in [0.1, 0.15) is 0 Å². The summed E-state index contributed by atoms with van der Waals surface area (Å²) in [7, 11) is 0. The summed E-state index contributed by atoms with van der Waals surface area (Å²) in [6, 6.07) is 0. The van der Waals surface area contributed by atoms with E-state index in [2.05, 4.69) is 16.7 Å². The average molecular weight is 353 g/mol. The maximum absolute atomic E-state index is 9.29. The molecule has 5 heteroatoms. The minimum absolute atomic E-state index is 0. The lowest BCUT2D eigenvalue weighted by Crippen LogP contribution is -2.07. The molecule has 1 rings (SSSR count). The van der Waals surface area contributed by atoms with Gasteiger partial charge in [0.05, 0.1) is 0 Å². The van der Waals surface area contributed by atoms with Crippen LogP contribution < -0.4 is 0 Å². The number of hydrogen-bond acceptors (Lipinski definition) is 3. The highest BCUT2D eigenvalue weighted by Crippen LogP contribution is 2.31. The Morgan fingerprint density at radius 1 is 0.565 bits per heavy atom. The van der Waals surface area contributed by atoms with Crippen LogP contribution in [0.1, 0.15) is 110 Å². The third-order valence-corrected chi connectivity index (χ3v) is 4.37. The van der Waals surface area contributed by atoms with Gasteiger partial charge in [-0.05, 0) is 6.42 Å². The fourth-order valence-corrected chi connectivity index (χ4v) is 2.85. The third kappa shape index (κ3) is 18.0. The lowest BCUT2D eigenvalue weighted by molar-refractivity contribution is 0.0191. The topological polar surface area (TPSA) is 45.3 Å². The first-order chi connectivity index (χ1) is 10.3. The van der Waals surface area contributed by atoms with Gasteiger partial charge in [-0.1, -0.05) is 96.8 Å². The molecule has 1 heterocycles. The first-order valence-corrected chi connectivity index (χ1v) is 9.36. The molecule has 3 nitrogen and oxygen atoms in total. The second-order valence-electron chi connectivity index (χ2n) is 6.58. The van der Waals surface area contributed by atoms with Crippen LogP contribution in [-0.2, 0) is 9.78 Å². The Morgan fingerprint density at radius 2 is 0.870 bits per heavy atom. The van der Waals surface area contributed by atoms with Crippen molar-refractivity contribution in [1.29, 1.82) is 0 Å². The summed E-state index contributed by atoms with van der Waals surface area (Å²) in [4.78, 5) is 8.94. The molecule has 0 radical (unpaired) electrons. The molecule has 0 unspecified atom stereocenters. The molecular formula is C18H40Mg2O3. The molecule has 1 saturated heterocycles. The molecule has 134 valence electrons. The van der Waals surface area contributed by atoms with E-state index in [-0.39, 0.29) is 46.1 Å². The summed E-state index contributed by atoms with van der Waals surface area (Å²) in [6.45, 7) is 2.28. The molecule has 0 saturated carbocycles. The second kappa shape index (κ2) is 18.2. The van der Waals surface area contributed by atoms with Gasteiger partial charge < -0.3 is 5.11 Å². The Hall–Kier alpha value is 1.41. The smallest absolute Gasteiger partial charge is 0.337 e. The normalized spacial score (nSPS) is 14.9. The Labute approximate surface area is 175 Å². The molecule has 0 aliphatic carbocycles. The van der Waals surface area contributed by atoms with Crippen molar-refractivity contribution in [3.05, 3.63) is 0 Å². The molecule has 0 bridgehead atoms. The molecule has 0 aromatic carbocycles. The fraction of sp³-hybridized carbons (Fsp3) is 1.00. The molecular weight excluding hydrogens is 313 g/mol. The largest absolute Gasteiger partial charge is 0.340 e. The van der Waals surface area contributed by atoms with Crippen molar-refractivity contribution in [1.82, 2.24) is 0 Å². The summed E-state index contributed by atoms with van der Waals surface area (Å²) in [6.07, 6.45) is 21.0. The van der Waals surface area contributed by atoms with Gasteiger partial charge in [0.2, 0.25) is 0 Å². The van der Waals surface area contributed by atoms with Crippen molar-refractivity contribution in [3.8, 4) is 0 Å². The van der Waals surface area contributed by atoms with E-state index in [0.717, 1.165) is 6.42 Å². The van der Waals surface area contributed by atoms with E-state index in [9.17, 15) is 5.11 Å². The minimum atomic E-state index is -1.21. The predicted octanol–water partition coefficient (Wildman–Crippen LogP) is 4.02. The van der Waals surface area contributed by atoms with E-state index < -0.39 is 5.97 Å². The summed E-state index contributed by atoms with van der Waals surface area (Å²) in [5.41, 5.74) is 0. The maximum Gasteiger partial charge on any atom is 0.337 e. The Morgan fingerprint density at radius 3 is 1.17 bits per heavy atom. The molecule has 0 aromatic heterocycles. The first-order valence-electron chi connectivity index (χ1n) is 9.36. The van der Waals surface area contributed by atoms with Crippen molar-refractivity contribution >= 4 is 46.1 Å². The van der Waals surface area contributed by atoms with Crippen LogP contribution in [0.4, 0.5) is 0 Å². The molecule has 0 aromatic rings. The number of hydrogen-bond donors (Lipinski definition) is 1. The van der Waals surface area contributed by atoms with Crippen molar-refractivity contribution in [2.45, 2.75) is 116 Å². The van der Waals surface area contributed by atoms with Crippen LogP contribution >= 0.6 is 0 Å². The van der Waals surface area contributed by atoms with Gasteiger partial charge in [-0.3, -0.25) is 0 Å². The SMILES string of the molecule is CCCCCCCCCCCCCCCCCC1(O)OO1.[MgH2].[MgH2]. The van der Waals surface area contributed by atoms with Crippen molar-refractivity contribution in [2.75, 3.05) is 0 Å². The zero-order valence-electron chi connectivity index (χ0n) is 14.1. The Bertz CT molecular complexity index is 236. The standard InChI is InChI=1S/C18H36O3.2Mg.4H/c1-2-3-4-5-6-7-8-9-10-11-12-13-14-15-16-17-18(19)20-21-18;;;;;;/h19H,2-17H2,1H3;;;;;;. The Balaban J connectivity index is 0. The highest BCUT2D eigenvalue weighted by atomic mass is 24.3. The summed E-state index contributed by atoms with van der Waals surface area (Å²) in [5.74, 6) is -1.21. The van der Waals surface area contributed by atoms with Crippen molar-refractivity contribution < 1.29 is 14.9 Å². The van der Waals surface area contributed by atoms with Crippen LogP contribution in [0.15, 0.2) is 0 Å². The van der Waals surface area contributed by atoms with Gasteiger partial charge in [0.25, 0.3) is 0 Å². The van der Waals surface area contributed by atoms with E-state index >= 15 is 0 Å². The number of unbranched alkanes of at least 4 members (excludes halogenated alkanes) is 14. The van der Waals surface area contributed by atoms with Gasteiger partial charge in [0.15, 0.2) is 0 Å². The monoisotopic (exact) mass is 352 g/mol. The Kier molecular flexibility index (Phi) is 21.1. The third-order valence-electron chi connectivity index (χ3n) is 4.37. The summed E-state index contributed by atoms with van der Waals surface area (Å²) >= 11 is 0. The molecule has 23 heavy (non-hydrogen) atoms. The average Bonchev–Trinajstić information content (AvgIpc) is 3.21. The zero-order valence-corrected chi connectivity index (χ0v) is 14.1. The molecule has 1 aliphatic rings. The molecule has 0 amide bonds. The number of rotatable bonds is 16. The van der Waals surface area contributed by atoms with Crippen LogP contribution in [0, 0.1) is 0 Å². The van der Waals surface area contributed by atoms with Crippen molar-refractivity contribution in [3.63, 3.8) is 0 Å². The van der Waals surface area contributed by atoms with E-state index in [4.69, 9.17) is 0 Å². The quantitative estimate of drug-likeness (QED) is 0.197. The summed E-state index contributed by atoms with van der Waals surface area (Å²) < 4.78 is 0. The highest BCUT2D eigenvalue weighted by Gasteiger charge is 2.46. The molecule has 0 spiro atoms. The van der Waals surface area contributed by atoms with Crippen LogP contribution in [0.5, 0.6) is 0 Å². The van der Waals surface area contributed by atoms with Crippen LogP contribution in [0.3, 0.4) is 0 Å². The van der Waals surface area contributed by atoms with Gasteiger partial charge in [-0.15, -0.1) is 0 Å². The highest BCUT2D eigenvalue weighted by molar-refractivity contribution is 5.76. The second-order valence-corrected chi connectivity index (χ2v) is 6.58. The number of aliphatic hydroxyl groups is 1. The van der Waals surface area contributed by atoms with Crippen LogP contribution in [0.25, 0.3) is 0 Å². The lowest BCUT2D eigenvalue weighted by atomic mass is 10.0. The van der Waals surface area contributed by atoms with Crippen LogP contribution in [0.2, 0.25) is 0 Å². The summed E-state index contributed by atoms with van der Waals surface area (Å²) in [5, 5.41) is 9.29. The molecule has 1 aliphatic heterocycles. The van der Waals surface area contributed by atoms with Gasteiger partial charge >= 0.3 is 52.1 Å². The minimum Gasteiger partial charge on any atom is -0.340 e. The van der Waals surface area contributed by atoms with Gasteiger partial charge in [-0.2, -0.15) is 9.78 Å². The van der Waals surface area contributed by atoms with E-state index in [1.165, 1.54) is 89.9 Å². The van der Waals surface area contributed by atoms with Crippen molar-refractivity contribution in [2.24, 2.45) is 0 Å². The van der Waals surface area contributed by atoms with Gasteiger partial charge in [-0.25, -0.2) is 0 Å². The zero-order chi connectivity index (χ0) is 15.2. The van der Waals surface area contributed by atoms with Crippen LogP contribution in [-0.4, -0.2) is 57.2 Å². The van der Waals surface area contributed by atoms with E-state index in [1.807, 2.05) is 0 Å². The maximum atomic E-state index is 9.29. The fourth-order valence-electron chi connectivity index (χ4n) is 2.85.